The molecule has 0 aliphatic rings. The van der Waals surface area contributed by atoms with Gasteiger partial charge in [-0.15, -0.1) is 11.3 Å². The van der Waals surface area contributed by atoms with Crippen molar-refractivity contribution in [3.05, 3.63) is 70.4 Å². The van der Waals surface area contributed by atoms with E-state index in [0.717, 1.165) is 16.2 Å². The van der Waals surface area contributed by atoms with Gasteiger partial charge in [0, 0.05) is 15.1 Å². The highest BCUT2D eigenvalue weighted by Gasteiger charge is 2.18. The summed E-state index contributed by atoms with van der Waals surface area (Å²) in [4.78, 5) is 0.662. The second-order valence-corrected chi connectivity index (χ2v) is 5.57. The fourth-order valence-electron chi connectivity index (χ4n) is 2.09. The van der Waals surface area contributed by atoms with E-state index in [0.29, 0.717) is 4.88 Å². The molecule has 0 aliphatic carbocycles. The van der Waals surface area contributed by atoms with Crippen LogP contribution in [0.3, 0.4) is 0 Å². The lowest BCUT2D eigenvalue weighted by Gasteiger charge is -2.11. The first-order valence-electron chi connectivity index (χ1n) is 5.95. The Bertz CT molecular complexity index is 782. The number of hydrogen-bond acceptors (Lipinski definition) is 2. The summed E-state index contributed by atoms with van der Waals surface area (Å²) in [6.45, 7) is 0. The minimum Gasteiger partial charge on any atom is -0.320 e. The van der Waals surface area contributed by atoms with Crippen LogP contribution < -0.4 is 5.73 Å². The van der Waals surface area contributed by atoms with Gasteiger partial charge in [-0.3, -0.25) is 0 Å². The number of thiophene rings is 1. The minimum absolute atomic E-state index is 0.0945. The predicted octanol–water partition coefficient (Wildman–Crippen LogP) is 4.37. The van der Waals surface area contributed by atoms with E-state index in [1.54, 1.807) is 12.1 Å². The Morgan fingerprint density at radius 3 is 2.60 bits per heavy atom. The molecule has 102 valence electrons. The van der Waals surface area contributed by atoms with E-state index in [1.165, 1.54) is 35.6 Å². The Balaban J connectivity index is 2.08. The molecule has 1 heterocycles. The molecule has 20 heavy (non-hydrogen) atoms. The van der Waals surface area contributed by atoms with Gasteiger partial charge in [-0.25, -0.2) is 13.2 Å². The average molecular weight is 293 g/mol. The number of nitrogens with two attached hydrogens (primary N) is 1. The molecule has 0 amide bonds. The molecule has 0 spiro atoms. The molecule has 0 bridgehead atoms. The molecule has 5 heteroatoms. The van der Waals surface area contributed by atoms with Gasteiger partial charge in [0.25, 0.3) is 0 Å². The van der Waals surface area contributed by atoms with Gasteiger partial charge in [-0.1, -0.05) is 18.2 Å². The fourth-order valence-corrected chi connectivity index (χ4v) is 3.20. The Hall–Kier alpha value is -1.85. The average Bonchev–Trinajstić information content (AvgIpc) is 2.84. The first-order chi connectivity index (χ1) is 9.56. The van der Waals surface area contributed by atoms with Crippen molar-refractivity contribution >= 4 is 21.4 Å². The molecule has 0 saturated heterocycles. The predicted molar refractivity (Wildman–Crippen MR) is 74.2 cm³/mol. The summed E-state index contributed by atoms with van der Waals surface area (Å²) in [6, 6.07) is 9.31. The maximum absolute atomic E-state index is 13.7. The van der Waals surface area contributed by atoms with E-state index in [1.807, 2.05) is 0 Å². The molecule has 0 aliphatic heterocycles. The second-order valence-electron chi connectivity index (χ2n) is 4.45. The van der Waals surface area contributed by atoms with Gasteiger partial charge in [0.05, 0.1) is 6.04 Å². The van der Waals surface area contributed by atoms with Crippen LogP contribution in [0.1, 0.15) is 16.5 Å². The van der Waals surface area contributed by atoms with Crippen molar-refractivity contribution in [2.45, 2.75) is 6.04 Å². The van der Waals surface area contributed by atoms with Crippen molar-refractivity contribution in [1.29, 1.82) is 0 Å². The minimum atomic E-state index is -0.941. The normalized spacial score (nSPS) is 12.8. The molecular formula is C15H10F3NS. The van der Waals surface area contributed by atoms with Crippen LogP contribution in [-0.4, -0.2) is 0 Å². The SMILES string of the molecule is NC(c1cc2ccc(F)cc2s1)c1cccc(F)c1F. The highest BCUT2D eigenvalue weighted by molar-refractivity contribution is 7.19. The van der Waals surface area contributed by atoms with Gasteiger partial charge in [0.2, 0.25) is 0 Å². The molecule has 2 aromatic carbocycles. The zero-order valence-electron chi connectivity index (χ0n) is 10.2. The van der Waals surface area contributed by atoms with Crippen LogP contribution in [0.4, 0.5) is 13.2 Å². The molecule has 3 rings (SSSR count). The van der Waals surface area contributed by atoms with Crippen molar-refractivity contribution in [1.82, 2.24) is 0 Å². The molecule has 1 unspecified atom stereocenters. The summed E-state index contributed by atoms with van der Waals surface area (Å²) < 4.78 is 40.9. The number of benzene rings is 2. The van der Waals surface area contributed by atoms with Gasteiger partial charge in [0.1, 0.15) is 5.82 Å². The number of hydrogen-bond donors (Lipinski definition) is 1. The highest BCUT2D eigenvalue weighted by atomic mass is 32.1. The number of halogens is 3. The quantitative estimate of drug-likeness (QED) is 0.746. The monoisotopic (exact) mass is 293 g/mol. The summed E-state index contributed by atoms with van der Waals surface area (Å²) in [7, 11) is 0. The van der Waals surface area contributed by atoms with Gasteiger partial charge in [-0.05, 0) is 29.7 Å². The topological polar surface area (TPSA) is 26.0 Å². The standard InChI is InChI=1S/C15H10F3NS/c16-9-5-4-8-6-13(20-12(8)7-9)15(19)10-2-1-3-11(17)14(10)18/h1-7,15H,19H2. The van der Waals surface area contributed by atoms with Crippen molar-refractivity contribution in [2.75, 3.05) is 0 Å². The third-order valence-electron chi connectivity index (χ3n) is 3.12. The first-order valence-corrected chi connectivity index (χ1v) is 6.76. The fraction of sp³-hybridized carbons (Fsp3) is 0.0667. The summed E-state index contributed by atoms with van der Waals surface area (Å²) in [5.41, 5.74) is 6.09. The second kappa shape index (κ2) is 4.92. The third kappa shape index (κ3) is 2.19. The van der Waals surface area contributed by atoms with Crippen molar-refractivity contribution < 1.29 is 13.2 Å². The third-order valence-corrected chi connectivity index (χ3v) is 4.31. The van der Waals surface area contributed by atoms with Crippen LogP contribution >= 0.6 is 11.3 Å². The van der Waals surface area contributed by atoms with E-state index < -0.39 is 17.7 Å². The smallest absolute Gasteiger partial charge is 0.163 e. The van der Waals surface area contributed by atoms with Crippen molar-refractivity contribution in [2.24, 2.45) is 5.73 Å². The van der Waals surface area contributed by atoms with Crippen LogP contribution in [0.5, 0.6) is 0 Å². The molecule has 3 aromatic rings. The van der Waals surface area contributed by atoms with Crippen LogP contribution in [-0.2, 0) is 0 Å². The molecule has 1 aromatic heterocycles. The lowest BCUT2D eigenvalue weighted by molar-refractivity contribution is 0.495. The lowest BCUT2D eigenvalue weighted by Crippen LogP contribution is -2.12. The molecule has 1 nitrogen and oxygen atoms in total. The maximum Gasteiger partial charge on any atom is 0.163 e. The Kier molecular flexibility index (Phi) is 3.23. The maximum atomic E-state index is 13.7. The van der Waals surface area contributed by atoms with E-state index in [9.17, 15) is 13.2 Å². The molecule has 0 radical (unpaired) electrons. The van der Waals surface area contributed by atoms with Gasteiger partial charge < -0.3 is 5.73 Å². The van der Waals surface area contributed by atoms with Gasteiger partial charge in [-0.2, -0.15) is 0 Å². The summed E-state index contributed by atoms with van der Waals surface area (Å²) in [5, 5.41) is 0.832. The van der Waals surface area contributed by atoms with Crippen molar-refractivity contribution in [3.63, 3.8) is 0 Å². The van der Waals surface area contributed by atoms with E-state index in [4.69, 9.17) is 5.73 Å². The number of fused-ring (bicyclic) bond motifs is 1. The van der Waals surface area contributed by atoms with Crippen molar-refractivity contribution in [3.8, 4) is 0 Å². The molecule has 1 atom stereocenters. The Labute approximate surface area is 117 Å². The van der Waals surface area contributed by atoms with E-state index >= 15 is 0 Å². The molecule has 0 fully saturated rings. The highest BCUT2D eigenvalue weighted by Crippen LogP contribution is 2.33. The van der Waals surface area contributed by atoms with E-state index in [-0.39, 0.29) is 11.4 Å². The largest absolute Gasteiger partial charge is 0.320 e. The molecule has 2 N–H and O–H groups in total. The first kappa shape index (κ1) is 13.1. The summed E-state index contributed by atoms with van der Waals surface area (Å²) in [5.74, 6) is -2.20. The van der Waals surface area contributed by atoms with E-state index in [2.05, 4.69) is 0 Å². The van der Waals surface area contributed by atoms with Crippen LogP contribution in [0, 0.1) is 17.5 Å². The Morgan fingerprint density at radius 2 is 1.80 bits per heavy atom. The lowest BCUT2D eigenvalue weighted by atomic mass is 10.0. The van der Waals surface area contributed by atoms with Crippen LogP contribution in [0.15, 0.2) is 42.5 Å². The number of rotatable bonds is 2. The van der Waals surface area contributed by atoms with Gasteiger partial charge >= 0.3 is 0 Å². The zero-order chi connectivity index (χ0) is 14.3. The zero-order valence-corrected chi connectivity index (χ0v) is 11.1. The molecule has 0 saturated carbocycles. The summed E-state index contributed by atoms with van der Waals surface area (Å²) >= 11 is 1.27. The molecular weight excluding hydrogens is 283 g/mol. The summed E-state index contributed by atoms with van der Waals surface area (Å²) in [6.07, 6.45) is 0. The van der Waals surface area contributed by atoms with Gasteiger partial charge in [0.15, 0.2) is 11.6 Å². The Morgan fingerprint density at radius 1 is 1.00 bits per heavy atom. The van der Waals surface area contributed by atoms with Crippen LogP contribution in [0.25, 0.3) is 10.1 Å². The van der Waals surface area contributed by atoms with Crippen LogP contribution in [0.2, 0.25) is 0 Å².